The Morgan fingerprint density at radius 1 is 1.04 bits per heavy atom. The van der Waals surface area contributed by atoms with Crippen molar-refractivity contribution in [1.82, 2.24) is 20.2 Å². The molecule has 4 aromatic rings. The zero-order valence-corrected chi connectivity index (χ0v) is 25.4. The average Bonchev–Trinajstić information content (AvgIpc) is 3.05. The lowest BCUT2D eigenvalue weighted by Gasteiger charge is -2.16. The van der Waals surface area contributed by atoms with Crippen molar-refractivity contribution in [3.05, 3.63) is 116 Å². The molecule has 1 aromatic heterocycles. The second-order valence-electron chi connectivity index (χ2n) is 10.4. The highest BCUT2D eigenvalue weighted by atomic mass is 16.6. The van der Waals surface area contributed by atoms with Crippen LogP contribution in [-0.4, -0.2) is 45.5 Å². The van der Waals surface area contributed by atoms with E-state index < -0.39 is 29.0 Å². The van der Waals surface area contributed by atoms with Gasteiger partial charge in [-0.15, -0.1) is 0 Å². The number of nitro benzene ring substituents is 1. The minimum Gasteiger partial charge on any atom is -0.496 e. The lowest BCUT2D eigenvalue weighted by atomic mass is 10.1. The van der Waals surface area contributed by atoms with Crippen molar-refractivity contribution >= 4 is 29.3 Å². The van der Waals surface area contributed by atoms with E-state index in [9.17, 15) is 24.5 Å². The molecule has 0 atom stereocenters. The Bertz CT molecular complexity index is 1790. The van der Waals surface area contributed by atoms with Crippen molar-refractivity contribution in [3.63, 3.8) is 0 Å². The van der Waals surface area contributed by atoms with Gasteiger partial charge in [-0.05, 0) is 31.0 Å². The van der Waals surface area contributed by atoms with Crippen molar-refractivity contribution < 1.29 is 24.0 Å². The monoisotopic (exact) mass is 627 g/mol. The smallest absolute Gasteiger partial charge is 0.413 e. The number of carbonyl (C=O) groups is 2. The summed E-state index contributed by atoms with van der Waals surface area (Å²) in [6.07, 6.45) is 0.614. The number of carbonyl (C=O) groups excluding carboxylic acids is 2. The molecule has 4 N–H and O–H groups in total. The first-order valence-corrected chi connectivity index (χ1v) is 14.2. The fraction of sp³-hybridized carbons (Fsp3) is 0.219. The van der Waals surface area contributed by atoms with Crippen molar-refractivity contribution in [1.29, 1.82) is 5.41 Å². The van der Waals surface area contributed by atoms with E-state index in [4.69, 9.17) is 14.9 Å². The van der Waals surface area contributed by atoms with E-state index in [1.807, 2.05) is 44.2 Å². The van der Waals surface area contributed by atoms with Crippen molar-refractivity contribution in [3.8, 4) is 17.0 Å². The molecule has 0 aliphatic carbocycles. The lowest BCUT2D eigenvalue weighted by molar-refractivity contribution is -0.384. The van der Waals surface area contributed by atoms with Crippen LogP contribution in [0.1, 0.15) is 30.5 Å². The standard InChI is InChI=1S/C32H33N7O7/c1-20(2)36-30-31(41)38(27(17-35-30)24-13-25(39(43)44)15-26(14-24)45-3)18-28(40)34-16-21-9-11-23(12-10-21)29(33)37-32(42)46-19-22-7-5-4-6-8-22/h4-15,17,20H,16,18-19H2,1-3H3,(H,34,40)(H,35,36)(H2,33,37,42). The molecule has 2 amide bonds. The van der Waals surface area contributed by atoms with Gasteiger partial charge in [0.1, 0.15) is 24.7 Å². The third-order valence-electron chi connectivity index (χ3n) is 6.59. The summed E-state index contributed by atoms with van der Waals surface area (Å²) < 4.78 is 11.6. The minimum atomic E-state index is -0.758. The maximum Gasteiger partial charge on any atom is 0.413 e. The first-order valence-electron chi connectivity index (χ1n) is 14.2. The van der Waals surface area contributed by atoms with Gasteiger partial charge in [0.25, 0.3) is 11.2 Å². The number of amides is 2. The van der Waals surface area contributed by atoms with E-state index in [-0.39, 0.29) is 53.5 Å². The summed E-state index contributed by atoms with van der Waals surface area (Å²) in [6.45, 7) is 3.44. The van der Waals surface area contributed by atoms with Crippen molar-refractivity contribution in [2.24, 2.45) is 0 Å². The largest absolute Gasteiger partial charge is 0.496 e. The summed E-state index contributed by atoms with van der Waals surface area (Å²) in [5.41, 5.74) is 1.57. The van der Waals surface area contributed by atoms with E-state index in [1.54, 1.807) is 24.3 Å². The molecule has 46 heavy (non-hydrogen) atoms. The van der Waals surface area contributed by atoms with Gasteiger partial charge in [-0.25, -0.2) is 9.78 Å². The van der Waals surface area contributed by atoms with Crippen LogP contribution in [0, 0.1) is 15.5 Å². The van der Waals surface area contributed by atoms with Gasteiger partial charge in [0, 0.05) is 29.8 Å². The molecule has 14 heteroatoms. The topological polar surface area (TPSA) is 191 Å². The van der Waals surface area contributed by atoms with Crippen LogP contribution in [0.5, 0.6) is 5.75 Å². The van der Waals surface area contributed by atoms with Crippen molar-refractivity contribution in [2.45, 2.75) is 39.6 Å². The van der Waals surface area contributed by atoms with Crippen LogP contribution >= 0.6 is 0 Å². The SMILES string of the molecule is COc1cc(-c2cnc(NC(C)C)c(=O)n2CC(=O)NCc2ccc(C(=N)NC(=O)OCc3ccccc3)cc2)cc([N+](=O)[O-])c1. The number of ether oxygens (including phenoxy) is 2. The van der Waals surface area contributed by atoms with E-state index in [0.29, 0.717) is 11.1 Å². The number of nitrogens with zero attached hydrogens (tertiary/aromatic N) is 3. The average molecular weight is 628 g/mol. The number of aromatic nitrogens is 2. The summed E-state index contributed by atoms with van der Waals surface area (Å²) in [5, 5.41) is 27.8. The van der Waals surface area contributed by atoms with Gasteiger partial charge in [-0.3, -0.25) is 35.0 Å². The highest BCUT2D eigenvalue weighted by Crippen LogP contribution is 2.29. The summed E-state index contributed by atoms with van der Waals surface area (Å²) in [6, 6.07) is 19.7. The highest BCUT2D eigenvalue weighted by molar-refractivity contribution is 6.04. The lowest BCUT2D eigenvalue weighted by Crippen LogP contribution is -2.35. The molecule has 4 rings (SSSR count). The summed E-state index contributed by atoms with van der Waals surface area (Å²) in [5.74, 6) is -0.420. The minimum absolute atomic E-state index is 0.0274. The Balaban J connectivity index is 1.44. The number of amidine groups is 1. The number of nitrogens with one attached hydrogen (secondary N) is 4. The first-order chi connectivity index (χ1) is 22.0. The molecular formula is C32H33N7O7. The van der Waals surface area contributed by atoms with Gasteiger partial charge < -0.3 is 20.1 Å². The number of alkyl carbamates (subject to hydrolysis) is 1. The predicted octanol–water partition coefficient (Wildman–Crippen LogP) is 4.22. The Morgan fingerprint density at radius 2 is 1.76 bits per heavy atom. The quantitative estimate of drug-likeness (QED) is 0.0771. The third kappa shape index (κ3) is 8.75. The highest BCUT2D eigenvalue weighted by Gasteiger charge is 2.19. The number of benzene rings is 3. The molecule has 0 radical (unpaired) electrons. The molecule has 0 bridgehead atoms. The third-order valence-corrected chi connectivity index (χ3v) is 6.59. The maximum atomic E-state index is 13.4. The molecular weight excluding hydrogens is 594 g/mol. The van der Waals surface area contributed by atoms with Gasteiger partial charge in [-0.2, -0.15) is 0 Å². The first kappa shape index (κ1) is 32.9. The second-order valence-corrected chi connectivity index (χ2v) is 10.4. The molecule has 238 valence electrons. The van der Waals surface area contributed by atoms with Gasteiger partial charge in [-0.1, -0.05) is 54.6 Å². The fourth-order valence-corrected chi connectivity index (χ4v) is 4.32. The molecule has 0 aliphatic rings. The van der Waals surface area contributed by atoms with Crippen molar-refractivity contribution in [2.75, 3.05) is 12.4 Å². The number of anilines is 1. The molecule has 0 fully saturated rings. The summed E-state index contributed by atoms with van der Waals surface area (Å²) in [4.78, 5) is 53.7. The van der Waals surface area contributed by atoms with Crippen LogP contribution in [0.25, 0.3) is 11.3 Å². The molecule has 0 aliphatic heterocycles. The molecule has 14 nitrogen and oxygen atoms in total. The Hall–Kier alpha value is -6.05. The van der Waals surface area contributed by atoms with E-state index in [0.717, 1.165) is 5.56 Å². The second kappa shape index (κ2) is 15.1. The van der Waals surface area contributed by atoms with E-state index in [2.05, 4.69) is 20.9 Å². The molecule has 0 saturated heterocycles. The van der Waals surface area contributed by atoms with E-state index >= 15 is 0 Å². The number of nitro groups is 1. The van der Waals surface area contributed by atoms with Gasteiger partial charge >= 0.3 is 6.09 Å². The summed E-state index contributed by atoms with van der Waals surface area (Å²) >= 11 is 0. The van der Waals surface area contributed by atoms with E-state index in [1.165, 1.54) is 36.1 Å². The zero-order valence-electron chi connectivity index (χ0n) is 25.4. The van der Waals surface area contributed by atoms with Crippen LogP contribution in [0.2, 0.25) is 0 Å². The summed E-state index contributed by atoms with van der Waals surface area (Å²) in [7, 11) is 1.37. The molecule has 0 unspecified atom stereocenters. The zero-order chi connectivity index (χ0) is 33.2. The fourth-order valence-electron chi connectivity index (χ4n) is 4.32. The Kier molecular flexibility index (Phi) is 10.8. The predicted molar refractivity (Wildman–Crippen MR) is 171 cm³/mol. The molecule has 3 aromatic carbocycles. The number of hydrogen-bond donors (Lipinski definition) is 4. The van der Waals surface area contributed by atoms with Crippen LogP contribution in [-0.2, 0) is 29.2 Å². The maximum absolute atomic E-state index is 13.4. The number of rotatable bonds is 12. The van der Waals surface area contributed by atoms with Crippen LogP contribution in [0.15, 0.2) is 83.8 Å². The number of non-ortho nitro benzene ring substituents is 1. The van der Waals surface area contributed by atoms with Gasteiger partial charge in [0.05, 0.1) is 30.0 Å². The number of methoxy groups -OCH3 is 1. The van der Waals surface area contributed by atoms with Crippen LogP contribution in [0.3, 0.4) is 0 Å². The Morgan fingerprint density at radius 3 is 2.41 bits per heavy atom. The normalized spacial score (nSPS) is 10.6. The molecule has 0 saturated carbocycles. The van der Waals surface area contributed by atoms with Gasteiger partial charge in [0.15, 0.2) is 5.82 Å². The van der Waals surface area contributed by atoms with Crippen LogP contribution in [0.4, 0.5) is 16.3 Å². The Labute approximate surface area is 264 Å². The molecule has 0 spiro atoms. The molecule has 1 heterocycles. The van der Waals surface area contributed by atoms with Crippen LogP contribution < -0.4 is 26.2 Å². The number of hydrogen-bond acceptors (Lipinski definition) is 10. The van der Waals surface area contributed by atoms with Gasteiger partial charge in [0.2, 0.25) is 5.91 Å².